The van der Waals surface area contributed by atoms with Gasteiger partial charge in [-0.2, -0.15) is 5.10 Å². The summed E-state index contributed by atoms with van der Waals surface area (Å²) in [7, 11) is 7.99. The quantitative estimate of drug-likeness (QED) is 0.615. The molecule has 0 fully saturated rings. The Kier molecular flexibility index (Phi) is 6.62. The summed E-state index contributed by atoms with van der Waals surface area (Å²) < 4.78 is 1.95. The minimum absolute atomic E-state index is 0.0668. The topological polar surface area (TPSA) is 57.5 Å². The van der Waals surface area contributed by atoms with Crippen LogP contribution in [-0.2, 0) is 13.5 Å². The predicted molar refractivity (Wildman–Crippen MR) is 98.1 cm³/mol. The summed E-state index contributed by atoms with van der Waals surface area (Å²) in [6.45, 7) is 11.6. The Labute approximate surface area is 141 Å². The zero-order chi connectivity index (χ0) is 17.8. The number of aliphatic imine (C=N–C) groups is 1. The molecule has 23 heavy (non-hydrogen) atoms. The van der Waals surface area contributed by atoms with E-state index in [9.17, 15) is 0 Å². The van der Waals surface area contributed by atoms with Crippen LogP contribution in [0.2, 0.25) is 0 Å². The Morgan fingerprint density at radius 3 is 2.39 bits per heavy atom. The van der Waals surface area contributed by atoms with Crippen molar-refractivity contribution in [2.24, 2.45) is 12.0 Å². The molecular formula is C17H34N6. The summed E-state index contributed by atoms with van der Waals surface area (Å²) in [5.74, 6) is 0.839. The van der Waals surface area contributed by atoms with Gasteiger partial charge in [-0.1, -0.05) is 0 Å². The second-order valence-corrected chi connectivity index (χ2v) is 7.16. The van der Waals surface area contributed by atoms with Crippen molar-refractivity contribution >= 4 is 5.96 Å². The van der Waals surface area contributed by atoms with Crippen molar-refractivity contribution in [2.45, 2.75) is 52.6 Å². The van der Waals surface area contributed by atoms with Crippen LogP contribution >= 0.6 is 0 Å². The molecule has 0 aliphatic rings. The lowest BCUT2D eigenvalue weighted by atomic mass is 10.0. The zero-order valence-electron chi connectivity index (χ0n) is 16.3. The molecule has 1 heterocycles. The van der Waals surface area contributed by atoms with Gasteiger partial charge in [-0.3, -0.25) is 9.67 Å². The first-order valence-corrected chi connectivity index (χ1v) is 8.22. The average molecular weight is 323 g/mol. The maximum absolute atomic E-state index is 4.49. The Morgan fingerprint density at radius 1 is 1.35 bits per heavy atom. The number of aryl methyl sites for hydroxylation is 2. The number of rotatable bonds is 6. The highest BCUT2D eigenvalue weighted by molar-refractivity contribution is 5.80. The largest absolute Gasteiger partial charge is 0.355 e. The lowest BCUT2D eigenvalue weighted by molar-refractivity contribution is 0.197. The van der Waals surface area contributed by atoms with Gasteiger partial charge in [-0.25, -0.2) is 0 Å². The predicted octanol–water partition coefficient (Wildman–Crippen LogP) is 1.47. The van der Waals surface area contributed by atoms with Crippen LogP contribution in [0.3, 0.4) is 0 Å². The molecule has 1 unspecified atom stereocenters. The molecule has 0 radical (unpaired) electrons. The van der Waals surface area contributed by atoms with Gasteiger partial charge in [0.1, 0.15) is 0 Å². The molecule has 0 amide bonds. The molecule has 0 saturated heterocycles. The zero-order valence-corrected chi connectivity index (χ0v) is 16.3. The van der Waals surface area contributed by atoms with E-state index in [0.29, 0.717) is 0 Å². The summed E-state index contributed by atoms with van der Waals surface area (Å²) in [5.41, 5.74) is 3.72. The van der Waals surface area contributed by atoms with E-state index in [0.717, 1.165) is 24.6 Å². The van der Waals surface area contributed by atoms with Crippen LogP contribution in [0.25, 0.3) is 0 Å². The maximum Gasteiger partial charge on any atom is 0.191 e. The van der Waals surface area contributed by atoms with Gasteiger partial charge in [0.15, 0.2) is 5.96 Å². The van der Waals surface area contributed by atoms with Gasteiger partial charge < -0.3 is 15.5 Å². The van der Waals surface area contributed by atoms with Gasteiger partial charge in [0.25, 0.3) is 0 Å². The lowest BCUT2D eigenvalue weighted by Crippen LogP contribution is -2.52. The number of likely N-dealkylation sites (N-methyl/N-ethyl adjacent to an activating group) is 1. The maximum atomic E-state index is 4.49. The normalized spacial score (nSPS) is 14.3. The summed E-state index contributed by atoms with van der Waals surface area (Å²) in [4.78, 5) is 6.54. The fourth-order valence-corrected chi connectivity index (χ4v) is 2.36. The van der Waals surface area contributed by atoms with Crippen molar-refractivity contribution in [1.29, 1.82) is 0 Å². The first-order valence-electron chi connectivity index (χ1n) is 8.22. The smallest absolute Gasteiger partial charge is 0.191 e. The molecule has 0 saturated carbocycles. The molecular weight excluding hydrogens is 288 g/mol. The number of nitrogens with zero attached hydrogens (tertiary/aromatic N) is 4. The molecule has 1 atom stereocenters. The fraction of sp³-hybridized carbons (Fsp3) is 0.765. The molecule has 6 nitrogen and oxygen atoms in total. The summed E-state index contributed by atoms with van der Waals surface area (Å²) in [5, 5.41) is 11.4. The van der Waals surface area contributed by atoms with Crippen molar-refractivity contribution in [3.8, 4) is 0 Å². The summed E-state index contributed by atoms with van der Waals surface area (Å²) >= 11 is 0. The van der Waals surface area contributed by atoms with Crippen LogP contribution in [0.1, 0.15) is 37.7 Å². The summed E-state index contributed by atoms with van der Waals surface area (Å²) in [6.07, 6.45) is 0.934. The molecule has 0 aromatic carbocycles. The number of hydrogen-bond donors (Lipinski definition) is 2. The van der Waals surface area contributed by atoms with Crippen LogP contribution in [0.4, 0.5) is 0 Å². The van der Waals surface area contributed by atoms with Gasteiger partial charge in [0.2, 0.25) is 0 Å². The Balaban J connectivity index is 2.62. The standard InChI is InChI=1S/C17H34N6/c1-12(10-15-13(2)21-23(9)14(15)3)20-16(18-6)19-11-17(4,5)22(7)8/h12H,10-11H2,1-9H3,(H2,18,19,20). The Bertz CT molecular complexity index is 542. The van der Waals surface area contributed by atoms with Gasteiger partial charge in [-0.15, -0.1) is 0 Å². The van der Waals surface area contributed by atoms with E-state index in [-0.39, 0.29) is 11.6 Å². The van der Waals surface area contributed by atoms with Crippen LogP contribution in [0, 0.1) is 13.8 Å². The molecule has 1 aromatic rings. The third-order valence-electron chi connectivity index (χ3n) is 4.68. The second-order valence-electron chi connectivity index (χ2n) is 7.16. The molecule has 0 bridgehead atoms. The third kappa shape index (κ3) is 5.23. The fourth-order valence-electron chi connectivity index (χ4n) is 2.36. The van der Waals surface area contributed by atoms with Crippen molar-refractivity contribution in [3.63, 3.8) is 0 Å². The van der Waals surface area contributed by atoms with Gasteiger partial charge in [0, 0.05) is 37.9 Å². The Hall–Kier alpha value is -1.56. The van der Waals surface area contributed by atoms with Crippen LogP contribution in [-0.4, -0.2) is 59.9 Å². The van der Waals surface area contributed by atoms with Gasteiger partial charge in [0.05, 0.1) is 5.69 Å². The molecule has 0 aliphatic heterocycles. The lowest BCUT2D eigenvalue weighted by Gasteiger charge is -2.33. The molecule has 2 N–H and O–H groups in total. The van der Waals surface area contributed by atoms with Crippen molar-refractivity contribution < 1.29 is 0 Å². The van der Waals surface area contributed by atoms with E-state index in [4.69, 9.17) is 0 Å². The van der Waals surface area contributed by atoms with Crippen LogP contribution in [0.15, 0.2) is 4.99 Å². The van der Waals surface area contributed by atoms with Crippen LogP contribution < -0.4 is 10.6 Å². The van der Waals surface area contributed by atoms with Crippen molar-refractivity contribution in [2.75, 3.05) is 27.7 Å². The molecule has 6 heteroatoms. The molecule has 1 aromatic heterocycles. The van der Waals surface area contributed by atoms with E-state index < -0.39 is 0 Å². The van der Waals surface area contributed by atoms with E-state index in [1.165, 1.54) is 11.3 Å². The summed E-state index contributed by atoms with van der Waals surface area (Å²) in [6, 6.07) is 0.283. The minimum Gasteiger partial charge on any atom is -0.355 e. The number of guanidine groups is 1. The van der Waals surface area contributed by atoms with Crippen molar-refractivity contribution in [1.82, 2.24) is 25.3 Å². The second kappa shape index (κ2) is 7.81. The van der Waals surface area contributed by atoms with Gasteiger partial charge >= 0.3 is 0 Å². The SMILES string of the molecule is CN=C(NCC(C)(C)N(C)C)NC(C)Cc1c(C)nn(C)c1C. The highest BCUT2D eigenvalue weighted by Crippen LogP contribution is 2.14. The third-order valence-corrected chi connectivity index (χ3v) is 4.68. The molecule has 0 spiro atoms. The highest BCUT2D eigenvalue weighted by atomic mass is 15.3. The monoisotopic (exact) mass is 322 g/mol. The molecule has 0 aliphatic carbocycles. The molecule has 1 rings (SSSR count). The van der Waals surface area contributed by atoms with E-state index >= 15 is 0 Å². The van der Waals surface area contributed by atoms with E-state index in [2.05, 4.69) is 74.3 Å². The number of nitrogens with one attached hydrogen (secondary N) is 2. The van der Waals surface area contributed by atoms with Gasteiger partial charge in [-0.05, 0) is 60.7 Å². The van der Waals surface area contributed by atoms with Crippen molar-refractivity contribution in [3.05, 3.63) is 17.0 Å². The number of hydrogen-bond acceptors (Lipinski definition) is 3. The average Bonchev–Trinajstić information content (AvgIpc) is 2.69. The van der Waals surface area contributed by atoms with E-state index in [1.807, 2.05) is 18.8 Å². The number of aromatic nitrogens is 2. The minimum atomic E-state index is 0.0668. The Morgan fingerprint density at radius 2 is 1.96 bits per heavy atom. The first-order chi connectivity index (χ1) is 10.6. The van der Waals surface area contributed by atoms with E-state index in [1.54, 1.807) is 0 Å². The highest BCUT2D eigenvalue weighted by Gasteiger charge is 2.21. The molecule has 132 valence electrons. The van der Waals surface area contributed by atoms with Crippen LogP contribution in [0.5, 0.6) is 0 Å². The first kappa shape index (κ1) is 19.5.